The van der Waals surface area contributed by atoms with Crippen molar-refractivity contribution in [1.29, 1.82) is 0 Å². The Balaban J connectivity index is 4.48. The molecule has 0 saturated carbocycles. The van der Waals surface area contributed by atoms with Gasteiger partial charge < -0.3 is 20.4 Å². The van der Waals surface area contributed by atoms with Crippen LogP contribution in [0.25, 0.3) is 0 Å². The van der Waals surface area contributed by atoms with E-state index in [1.54, 1.807) is 0 Å². The van der Waals surface area contributed by atoms with Crippen LogP contribution in [0.2, 0.25) is 0 Å². The zero-order valence-electron chi connectivity index (χ0n) is 7.39. The van der Waals surface area contributed by atoms with Crippen molar-refractivity contribution in [2.24, 2.45) is 0 Å². The van der Waals surface area contributed by atoms with Gasteiger partial charge in [-0.1, -0.05) is 0 Å². The van der Waals surface area contributed by atoms with E-state index in [4.69, 9.17) is 20.4 Å². The fourth-order valence-corrected chi connectivity index (χ4v) is 1.20. The second-order valence-corrected chi connectivity index (χ2v) is 2.77. The summed E-state index contributed by atoms with van der Waals surface area (Å²) < 4.78 is -0.497. The van der Waals surface area contributed by atoms with Gasteiger partial charge in [0.05, 0.1) is 19.8 Å². The topological polar surface area (TPSA) is 98.0 Å². The van der Waals surface area contributed by atoms with Gasteiger partial charge in [0.25, 0.3) is 0 Å². The van der Waals surface area contributed by atoms with Crippen molar-refractivity contribution in [3.8, 4) is 0 Å². The normalized spacial score (nSPS) is 11.6. The van der Waals surface area contributed by atoms with Crippen molar-refractivity contribution in [1.82, 2.24) is 0 Å². The van der Waals surface area contributed by atoms with Crippen LogP contribution >= 0.6 is 0 Å². The number of carbonyl (C=O) groups is 1. The molecule has 0 aliphatic rings. The summed E-state index contributed by atoms with van der Waals surface area (Å²) in [5.74, 6) is 0. The van der Waals surface area contributed by atoms with E-state index in [1.807, 2.05) is 0 Å². The minimum Gasteiger partial charge on any atom is -0.435 e. The summed E-state index contributed by atoms with van der Waals surface area (Å²) in [5.41, 5.74) is 0. The molecule has 0 heterocycles. The summed E-state index contributed by atoms with van der Waals surface area (Å²) in [6.07, 6.45) is -1.14. The third-order valence-corrected chi connectivity index (χ3v) is 1.99. The quantitative estimate of drug-likeness (QED) is 0.384. The van der Waals surface area contributed by atoms with Crippen molar-refractivity contribution < 1.29 is 29.7 Å². The Hall–Kier alpha value is -0.690. The molecule has 6 heteroatoms. The molecule has 78 valence electrons. The van der Waals surface area contributed by atoms with Crippen LogP contribution in [0.15, 0.2) is 0 Å². The third-order valence-electron chi connectivity index (χ3n) is 1.99. The van der Waals surface area contributed by atoms with Crippen LogP contribution < -0.4 is 0 Å². The standard InChI is InChI=1S/C7H15NO5/c9-4-1-8(2-5-10,3-6-11)7(12)13/h9-11H,1-6H2/p+1. The molecule has 0 atom stereocenters. The number of amides is 1. The van der Waals surface area contributed by atoms with Crippen LogP contribution in [0.1, 0.15) is 0 Å². The molecule has 0 radical (unpaired) electrons. The first-order valence-corrected chi connectivity index (χ1v) is 4.05. The van der Waals surface area contributed by atoms with Crippen LogP contribution in [0.5, 0.6) is 0 Å². The number of rotatable bonds is 6. The largest absolute Gasteiger partial charge is 0.513 e. The van der Waals surface area contributed by atoms with E-state index in [1.165, 1.54) is 0 Å². The summed E-state index contributed by atoms with van der Waals surface area (Å²) in [6.45, 7) is -0.867. The maximum Gasteiger partial charge on any atom is 0.513 e. The number of carboxylic acid groups (broad SMARTS) is 1. The molecule has 0 aliphatic carbocycles. The van der Waals surface area contributed by atoms with Gasteiger partial charge in [-0.3, -0.25) is 0 Å². The molecular weight excluding hydrogens is 178 g/mol. The minimum absolute atomic E-state index is 0.00352. The Labute approximate surface area is 76.2 Å². The molecule has 6 nitrogen and oxygen atoms in total. The van der Waals surface area contributed by atoms with Crippen LogP contribution in [0, 0.1) is 0 Å². The molecule has 0 aliphatic heterocycles. The molecule has 0 saturated heterocycles. The Morgan fingerprint density at radius 2 is 1.23 bits per heavy atom. The Kier molecular flexibility index (Phi) is 5.56. The maximum absolute atomic E-state index is 10.8. The number of aliphatic hydroxyl groups is 3. The number of quaternary nitrogens is 1. The Morgan fingerprint density at radius 1 is 0.923 bits per heavy atom. The maximum atomic E-state index is 10.8. The van der Waals surface area contributed by atoms with Gasteiger partial charge in [0, 0.05) is 0 Å². The van der Waals surface area contributed by atoms with Gasteiger partial charge in [-0.15, -0.1) is 0 Å². The number of aliphatic hydroxyl groups excluding tert-OH is 3. The van der Waals surface area contributed by atoms with Gasteiger partial charge in [-0.2, -0.15) is 4.79 Å². The summed E-state index contributed by atoms with van der Waals surface area (Å²) in [4.78, 5) is 10.8. The fraction of sp³-hybridized carbons (Fsp3) is 0.857. The van der Waals surface area contributed by atoms with E-state index in [-0.39, 0.29) is 39.5 Å². The van der Waals surface area contributed by atoms with Crippen molar-refractivity contribution in [2.45, 2.75) is 0 Å². The second kappa shape index (κ2) is 5.87. The van der Waals surface area contributed by atoms with Crippen molar-refractivity contribution >= 4 is 6.09 Å². The smallest absolute Gasteiger partial charge is 0.435 e. The van der Waals surface area contributed by atoms with Gasteiger partial charge in [-0.25, -0.2) is 4.48 Å². The molecule has 4 N–H and O–H groups in total. The highest BCUT2D eigenvalue weighted by Gasteiger charge is 2.35. The summed E-state index contributed by atoms with van der Waals surface area (Å²) in [6, 6.07) is 0. The van der Waals surface area contributed by atoms with E-state index in [9.17, 15) is 4.79 Å². The molecule has 0 spiro atoms. The lowest BCUT2D eigenvalue weighted by Gasteiger charge is -2.30. The SMILES string of the molecule is O=C(O)[N+](CCO)(CCO)CCO. The molecule has 0 rings (SSSR count). The van der Waals surface area contributed by atoms with Gasteiger partial charge in [-0.05, 0) is 0 Å². The molecule has 1 amide bonds. The van der Waals surface area contributed by atoms with Gasteiger partial charge in [0.1, 0.15) is 19.6 Å². The molecule has 0 unspecified atom stereocenters. The molecule has 0 aromatic carbocycles. The van der Waals surface area contributed by atoms with Crippen LogP contribution in [-0.2, 0) is 0 Å². The van der Waals surface area contributed by atoms with Crippen molar-refractivity contribution in [3.63, 3.8) is 0 Å². The van der Waals surface area contributed by atoms with Crippen molar-refractivity contribution in [2.75, 3.05) is 39.5 Å². The first-order chi connectivity index (χ1) is 6.13. The monoisotopic (exact) mass is 194 g/mol. The van der Waals surface area contributed by atoms with E-state index >= 15 is 0 Å². The van der Waals surface area contributed by atoms with E-state index in [2.05, 4.69) is 0 Å². The number of nitrogens with zero attached hydrogens (tertiary/aromatic N) is 1. The summed E-state index contributed by atoms with van der Waals surface area (Å²) >= 11 is 0. The fourth-order valence-electron chi connectivity index (χ4n) is 1.20. The zero-order chi connectivity index (χ0) is 10.3. The first kappa shape index (κ1) is 12.3. The van der Waals surface area contributed by atoms with Gasteiger partial charge in [0.15, 0.2) is 0 Å². The molecule has 13 heavy (non-hydrogen) atoms. The minimum atomic E-state index is -1.14. The molecule has 0 fully saturated rings. The summed E-state index contributed by atoms with van der Waals surface area (Å²) in [5, 5.41) is 34.8. The molecule has 0 aromatic rings. The number of hydrogen-bond donors (Lipinski definition) is 4. The average Bonchev–Trinajstić information content (AvgIpc) is 2.05. The third kappa shape index (κ3) is 3.27. The van der Waals surface area contributed by atoms with E-state index in [0.29, 0.717) is 0 Å². The second-order valence-electron chi connectivity index (χ2n) is 2.77. The predicted molar refractivity (Wildman–Crippen MR) is 44.1 cm³/mol. The highest BCUT2D eigenvalue weighted by Crippen LogP contribution is 2.06. The highest BCUT2D eigenvalue weighted by molar-refractivity contribution is 5.56. The lowest BCUT2D eigenvalue weighted by Crippen LogP contribution is -2.56. The Bertz CT molecular complexity index is 144. The number of hydrogen-bond acceptors (Lipinski definition) is 4. The lowest BCUT2D eigenvalue weighted by atomic mass is 10.3. The molecule has 0 aromatic heterocycles. The Morgan fingerprint density at radius 3 is 1.38 bits per heavy atom. The van der Waals surface area contributed by atoms with Crippen LogP contribution in [0.4, 0.5) is 4.79 Å². The zero-order valence-corrected chi connectivity index (χ0v) is 7.39. The van der Waals surface area contributed by atoms with Gasteiger partial charge >= 0.3 is 6.09 Å². The molecule has 0 bridgehead atoms. The van der Waals surface area contributed by atoms with E-state index in [0.717, 1.165) is 0 Å². The highest BCUT2D eigenvalue weighted by atomic mass is 16.4. The first-order valence-electron chi connectivity index (χ1n) is 4.05. The van der Waals surface area contributed by atoms with Crippen LogP contribution in [-0.4, -0.2) is 70.5 Å². The lowest BCUT2D eigenvalue weighted by molar-refractivity contribution is -0.858. The van der Waals surface area contributed by atoms with E-state index < -0.39 is 10.6 Å². The van der Waals surface area contributed by atoms with Crippen LogP contribution in [0.3, 0.4) is 0 Å². The summed E-state index contributed by atoms with van der Waals surface area (Å²) in [7, 11) is 0. The predicted octanol–water partition coefficient (Wildman–Crippen LogP) is -1.54. The molecular formula is C7H16NO5+. The van der Waals surface area contributed by atoms with Gasteiger partial charge in [0.2, 0.25) is 0 Å². The average molecular weight is 194 g/mol. The van der Waals surface area contributed by atoms with Crippen molar-refractivity contribution in [3.05, 3.63) is 0 Å².